The van der Waals surface area contributed by atoms with Gasteiger partial charge >= 0.3 is 6.18 Å². The van der Waals surface area contributed by atoms with Crippen LogP contribution in [0.1, 0.15) is 93.2 Å². The van der Waals surface area contributed by atoms with E-state index in [0.717, 1.165) is 61.2 Å². The van der Waals surface area contributed by atoms with Gasteiger partial charge in [0.1, 0.15) is 0 Å². The van der Waals surface area contributed by atoms with E-state index in [2.05, 4.69) is 53.4 Å². The molecule has 0 saturated heterocycles. The molecule has 1 unspecified atom stereocenters. The summed E-state index contributed by atoms with van der Waals surface area (Å²) < 4.78 is 41.2. The zero-order valence-corrected chi connectivity index (χ0v) is 21.2. The highest BCUT2D eigenvalue weighted by molar-refractivity contribution is 5.97. The highest BCUT2D eigenvalue weighted by Crippen LogP contribution is 2.41. The Hall–Kier alpha value is -3.07. The molecular formula is C30H33F3N2O. The fraction of sp³-hybridized carbons (Fsp3) is 0.467. The van der Waals surface area contributed by atoms with Gasteiger partial charge in [0, 0.05) is 36.0 Å². The number of alkyl halides is 3. The molecule has 0 aliphatic heterocycles. The van der Waals surface area contributed by atoms with Gasteiger partial charge in [0.2, 0.25) is 0 Å². The number of hydrogen-bond acceptors (Lipinski definition) is 2. The van der Waals surface area contributed by atoms with Gasteiger partial charge in [0.25, 0.3) is 0 Å². The molecule has 1 aromatic carbocycles. The molecule has 0 amide bonds. The maximum atomic E-state index is 12.9. The smallest absolute Gasteiger partial charge is 0.335 e. The number of rotatable bonds is 7. The van der Waals surface area contributed by atoms with Crippen molar-refractivity contribution in [3.63, 3.8) is 0 Å². The van der Waals surface area contributed by atoms with Gasteiger partial charge in [-0.3, -0.25) is 9.78 Å². The lowest BCUT2D eigenvalue weighted by molar-refractivity contribution is -0.168. The molecule has 6 heteroatoms. The second kappa shape index (κ2) is 10.9. The normalized spacial score (nSPS) is 15.2. The van der Waals surface area contributed by atoms with Crippen LogP contribution in [0.4, 0.5) is 13.2 Å². The number of nitrogens with zero attached hydrogens (tertiary/aromatic N) is 2. The molecule has 4 rings (SSSR count). The van der Waals surface area contributed by atoms with Gasteiger partial charge in [-0.25, -0.2) is 0 Å². The first-order chi connectivity index (χ1) is 17.2. The number of pyridine rings is 1. The molecule has 0 radical (unpaired) electrons. The number of halogens is 3. The second-order valence-electron chi connectivity index (χ2n) is 9.79. The Morgan fingerprint density at radius 3 is 2.53 bits per heavy atom. The first kappa shape index (κ1) is 26.0. The minimum atomic E-state index is -4.39. The quantitative estimate of drug-likeness (QED) is 0.245. The number of hydrogen-bond donors (Lipinski definition) is 0. The predicted octanol–water partition coefficient (Wildman–Crippen LogP) is 8.30. The number of aryl methyl sites for hydroxylation is 1. The van der Waals surface area contributed by atoms with Crippen molar-refractivity contribution in [1.29, 1.82) is 0 Å². The van der Waals surface area contributed by atoms with Crippen molar-refractivity contribution >= 4 is 16.7 Å². The molecule has 1 saturated carbocycles. The van der Waals surface area contributed by atoms with Gasteiger partial charge in [-0.2, -0.15) is 13.2 Å². The fourth-order valence-electron chi connectivity index (χ4n) is 4.99. The van der Waals surface area contributed by atoms with Crippen LogP contribution in [0.2, 0.25) is 0 Å². The SMILES string of the molecule is CCCC#Cc1c(-c2ccc(C(=O)CC(C)C(F)(F)F)cn2)n(C2CCCC2)c2ccc(CC)cc12. The summed E-state index contributed by atoms with van der Waals surface area (Å²) in [6.07, 6.45) is 3.63. The van der Waals surface area contributed by atoms with E-state index in [1.165, 1.54) is 24.6 Å². The minimum absolute atomic E-state index is 0.199. The van der Waals surface area contributed by atoms with Crippen molar-refractivity contribution in [2.24, 2.45) is 5.92 Å². The Bertz CT molecular complexity index is 1290. The molecule has 1 atom stereocenters. The molecule has 3 nitrogen and oxygen atoms in total. The summed E-state index contributed by atoms with van der Waals surface area (Å²) in [5.74, 6) is 4.49. The largest absolute Gasteiger partial charge is 0.391 e. The van der Waals surface area contributed by atoms with Gasteiger partial charge in [0.15, 0.2) is 5.78 Å². The lowest BCUT2D eigenvalue weighted by atomic mass is 10.00. The fourth-order valence-corrected chi connectivity index (χ4v) is 4.99. The van der Waals surface area contributed by atoms with Gasteiger partial charge in [0.05, 0.1) is 28.4 Å². The molecule has 2 heterocycles. The van der Waals surface area contributed by atoms with Gasteiger partial charge in [-0.15, -0.1) is 0 Å². The van der Waals surface area contributed by atoms with E-state index in [0.29, 0.717) is 11.7 Å². The molecule has 190 valence electrons. The van der Waals surface area contributed by atoms with Crippen molar-refractivity contribution in [3.05, 3.63) is 53.2 Å². The van der Waals surface area contributed by atoms with Crippen LogP contribution in [0.15, 0.2) is 36.5 Å². The van der Waals surface area contributed by atoms with Crippen LogP contribution in [0, 0.1) is 17.8 Å². The summed E-state index contributed by atoms with van der Waals surface area (Å²) >= 11 is 0. The predicted molar refractivity (Wildman–Crippen MR) is 138 cm³/mol. The Balaban J connectivity index is 1.83. The lowest BCUT2D eigenvalue weighted by Gasteiger charge is -2.18. The molecule has 3 aromatic rings. The Labute approximate surface area is 211 Å². The number of carbonyl (C=O) groups excluding carboxylic acids is 1. The van der Waals surface area contributed by atoms with E-state index in [-0.39, 0.29) is 5.56 Å². The molecule has 2 aromatic heterocycles. The van der Waals surface area contributed by atoms with Crippen molar-refractivity contribution in [2.75, 3.05) is 0 Å². The van der Waals surface area contributed by atoms with E-state index >= 15 is 0 Å². The van der Waals surface area contributed by atoms with Crippen molar-refractivity contribution in [2.45, 2.75) is 84.4 Å². The minimum Gasteiger partial charge on any atom is -0.335 e. The van der Waals surface area contributed by atoms with Crippen LogP contribution in [-0.2, 0) is 6.42 Å². The average molecular weight is 495 g/mol. The molecule has 1 fully saturated rings. The number of carbonyl (C=O) groups is 1. The molecule has 0 spiro atoms. The Morgan fingerprint density at radius 2 is 1.92 bits per heavy atom. The Kier molecular flexibility index (Phi) is 7.88. The maximum Gasteiger partial charge on any atom is 0.391 e. The number of fused-ring (bicyclic) bond motifs is 1. The van der Waals surface area contributed by atoms with Crippen LogP contribution in [0.25, 0.3) is 22.3 Å². The van der Waals surface area contributed by atoms with E-state index in [1.54, 1.807) is 12.1 Å². The third-order valence-electron chi connectivity index (χ3n) is 7.13. The van der Waals surface area contributed by atoms with Gasteiger partial charge in [-0.05, 0) is 55.5 Å². The first-order valence-electron chi connectivity index (χ1n) is 13.0. The summed E-state index contributed by atoms with van der Waals surface area (Å²) in [6.45, 7) is 5.27. The van der Waals surface area contributed by atoms with Crippen molar-refractivity contribution < 1.29 is 18.0 Å². The number of Topliss-reactive ketones (excluding diaryl/α,β-unsaturated/α-hetero) is 1. The molecule has 0 N–H and O–H groups in total. The monoisotopic (exact) mass is 494 g/mol. The van der Waals surface area contributed by atoms with E-state index in [9.17, 15) is 18.0 Å². The van der Waals surface area contributed by atoms with Crippen LogP contribution >= 0.6 is 0 Å². The topological polar surface area (TPSA) is 34.9 Å². The summed E-state index contributed by atoms with van der Waals surface area (Å²) in [5, 5.41) is 1.11. The average Bonchev–Trinajstić information content (AvgIpc) is 3.49. The van der Waals surface area contributed by atoms with Crippen LogP contribution < -0.4 is 0 Å². The molecule has 0 bridgehead atoms. The molecule has 1 aliphatic carbocycles. The zero-order valence-electron chi connectivity index (χ0n) is 21.2. The summed E-state index contributed by atoms with van der Waals surface area (Å²) in [5.41, 5.74) is 5.15. The maximum absolute atomic E-state index is 12.9. The van der Waals surface area contributed by atoms with E-state index in [1.807, 2.05) is 0 Å². The van der Waals surface area contributed by atoms with Gasteiger partial charge < -0.3 is 4.57 Å². The second-order valence-corrected chi connectivity index (χ2v) is 9.79. The third kappa shape index (κ3) is 5.36. The molecule has 36 heavy (non-hydrogen) atoms. The van der Waals surface area contributed by atoms with E-state index < -0.39 is 24.3 Å². The summed E-state index contributed by atoms with van der Waals surface area (Å²) in [7, 11) is 0. The third-order valence-corrected chi connectivity index (χ3v) is 7.13. The number of benzene rings is 1. The van der Waals surface area contributed by atoms with Crippen LogP contribution in [-0.4, -0.2) is 21.5 Å². The van der Waals surface area contributed by atoms with Crippen molar-refractivity contribution in [3.8, 4) is 23.2 Å². The zero-order chi connectivity index (χ0) is 25.9. The Morgan fingerprint density at radius 1 is 1.17 bits per heavy atom. The first-order valence-corrected chi connectivity index (χ1v) is 13.0. The highest BCUT2D eigenvalue weighted by Gasteiger charge is 2.37. The van der Waals surface area contributed by atoms with Gasteiger partial charge in [-0.1, -0.05) is 51.5 Å². The lowest BCUT2D eigenvalue weighted by Crippen LogP contribution is -2.22. The standard InChI is InChI=1S/C30H33F3N2O/c1-4-6-7-12-24-25-18-21(5-2)13-16-27(25)35(23-10-8-9-11-23)29(24)26-15-14-22(19-34-26)28(36)17-20(3)30(31,32)33/h13-16,18-20,23H,4-6,8-11,17H2,1-3H3. The number of aromatic nitrogens is 2. The number of ketones is 1. The molecule has 1 aliphatic rings. The highest BCUT2D eigenvalue weighted by atomic mass is 19.4. The number of unbranched alkanes of at least 4 members (excludes halogenated alkanes) is 1. The summed E-state index contributed by atoms with van der Waals surface area (Å²) in [6, 6.07) is 10.3. The van der Waals surface area contributed by atoms with E-state index in [4.69, 9.17) is 0 Å². The summed E-state index contributed by atoms with van der Waals surface area (Å²) in [4.78, 5) is 17.1. The molecular weight excluding hydrogens is 461 g/mol. The van der Waals surface area contributed by atoms with Crippen LogP contribution in [0.3, 0.4) is 0 Å². The van der Waals surface area contributed by atoms with Crippen molar-refractivity contribution in [1.82, 2.24) is 9.55 Å². The van der Waals surface area contributed by atoms with Crippen LogP contribution in [0.5, 0.6) is 0 Å².